The maximum absolute atomic E-state index is 13.0. The molecule has 2 amide bonds. The van der Waals surface area contributed by atoms with Gasteiger partial charge in [0.1, 0.15) is 5.82 Å². The molecule has 0 aromatic heterocycles. The lowest BCUT2D eigenvalue weighted by Crippen LogP contribution is -2.42. The highest BCUT2D eigenvalue weighted by Gasteiger charge is 2.35. The number of hydrogen-bond acceptors (Lipinski definition) is 3. The number of carbonyl (C=O) groups is 2. The second kappa shape index (κ2) is 8.74. The molecule has 0 heterocycles. The van der Waals surface area contributed by atoms with Crippen LogP contribution in [0.5, 0.6) is 0 Å². The molecule has 2 aromatic carbocycles. The van der Waals surface area contributed by atoms with E-state index in [0.29, 0.717) is 30.9 Å². The van der Waals surface area contributed by atoms with E-state index in [-0.39, 0.29) is 29.0 Å². The van der Waals surface area contributed by atoms with Crippen LogP contribution in [-0.4, -0.2) is 29.8 Å². The number of carbonyl (C=O) groups excluding carboxylic acids is 2. The Balaban J connectivity index is 1.65. The SMILES string of the molecule is CC(C)(CN)CN(Cc1ccc(NC(=O)c2ccc(F)cc2)cc1)C(=O)C1CC1. The topological polar surface area (TPSA) is 75.4 Å². The van der Waals surface area contributed by atoms with Gasteiger partial charge in [0.25, 0.3) is 5.91 Å². The van der Waals surface area contributed by atoms with Gasteiger partial charge >= 0.3 is 0 Å². The molecule has 6 heteroatoms. The molecule has 0 spiro atoms. The number of amides is 2. The van der Waals surface area contributed by atoms with Crippen molar-refractivity contribution >= 4 is 17.5 Å². The fourth-order valence-corrected chi connectivity index (χ4v) is 3.10. The summed E-state index contributed by atoms with van der Waals surface area (Å²) in [4.78, 5) is 26.8. The number of hydrogen-bond donors (Lipinski definition) is 2. The van der Waals surface area contributed by atoms with Crippen molar-refractivity contribution in [3.8, 4) is 0 Å². The summed E-state index contributed by atoms with van der Waals surface area (Å²) >= 11 is 0. The van der Waals surface area contributed by atoms with Gasteiger partial charge in [-0.15, -0.1) is 0 Å². The molecule has 0 atom stereocenters. The maximum atomic E-state index is 13.0. The quantitative estimate of drug-likeness (QED) is 0.711. The second-order valence-corrected chi connectivity index (χ2v) is 8.49. The van der Waals surface area contributed by atoms with Crippen molar-refractivity contribution in [2.24, 2.45) is 17.1 Å². The molecule has 3 N–H and O–H groups in total. The third-order valence-corrected chi connectivity index (χ3v) is 5.10. The Morgan fingerprint density at radius 3 is 2.28 bits per heavy atom. The second-order valence-electron chi connectivity index (χ2n) is 8.49. The minimum Gasteiger partial charge on any atom is -0.338 e. The standard InChI is InChI=1S/C23H28FN3O2/c1-23(2,14-25)15-27(22(29)18-5-6-18)13-16-3-11-20(12-4-16)26-21(28)17-7-9-19(24)10-8-17/h3-4,7-12,18H,5-6,13-15,25H2,1-2H3,(H,26,28). The van der Waals surface area contributed by atoms with E-state index in [1.807, 2.05) is 29.2 Å². The van der Waals surface area contributed by atoms with Crippen molar-refractivity contribution in [1.82, 2.24) is 4.90 Å². The number of rotatable bonds is 8. The minimum atomic E-state index is -0.381. The molecule has 0 radical (unpaired) electrons. The molecule has 0 saturated heterocycles. The summed E-state index contributed by atoms with van der Waals surface area (Å²) in [7, 11) is 0. The third-order valence-electron chi connectivity index (χ3n) is 5.10. The Morgan fingerprint density at radius 1 is 1.10 bits per heavy atom. The number of benzene rings is 2. The van der Waals surface area contributed by atoms with Gasteiger partial charge in [0, 0.05) is 30.3 Å². The highest BCUT2D eigenvalue weighted by molar-refractivity contribution is 6.04. The van der Waals surface area contributed by atoms with E-state index in [1.165, 1.54) is 24.3 Å². The van der Waals surface area contributed by atoms with Crippen LogP contribution in [0.2, 0.25) is 0 Å². The summed E-state index contributed by atoms with van der Waals surface area (Å²) in [6.45, 7) is 5.77. The van der Waals surface area contributed by atoms with Gasteiger partial charge in [0.2, 0.25) is 5.91 Å². The maximum Gasteiger partial charge on any atom is 0.255 e. The van der Waals surface area contributed by atoms with Crippen LogP contribution in [0.4, 0.5) is 10.1 Å². The number of nitrogens with zero attached hydrogens (tertiary/aromatic N) is 1. The largest absolute Gasteiger partial charge is 0.338 e. The Morgan fingerprint density at radius 2 is 1.72 bits per heavy atom. The van der Waals surface area contributed by atoms with Gasteiger partial charge in [-0.1, -0.05) is 26.0 Å². The van der Waals surface area contributed by atoms with E-state index in [2.05, 4.69) is 19.2 Å². The zero-order chi connectivity index (χ0) is 21.0. The highest BCUT2D eigenvalue weighted by atomic mass is 19.1. The number of nitrogens with two attached hydrogens (primary N) is 1. The molecule has 1 fully saturated rings. The molecule has 0 bridgehead atoms. The molecule has 1 aliphatic rings. The van der Waals surface area contributed by atoms with Crippen molar-refractivity contribution in [3.63, 3.8) is 0 Å². The molecule has 29 heavy (non-hydrogen) atoms. The van der Waals surface area contributed by atoms with Crippen molar-refractivity contribution in [2.45, 2.75) is 33.2 Å². The molecule has 154 valence electrons. The number of nitrogens with one attached hydrogen (secondary N) is 1. The summed E-state index contributed by atoms with van der Waals surface area (Å²) in [6, 6.07) is 12.8. The number of anilines is 1. The van der Waals surface area contributed by atoms with Crippen LogP contribution in [0, 0.1) is 17.2 Å². The molecule has 5 nitrogen and oxygen atoms in total. The molecule has 0 unspecified atom stereocenters. The number of halogens is 1. The fraction of sp³-hybridized carbons (Fsp3) is 0.391. The van der Waals surface area contributed by atoms with Crippen LogP contribution in [0.25, 0.3) is 0 Å². The zero-order valence-corrected chi connectivity index (χ0v) is 17.0. The van der Waals surface area contributed by atoms with E-state index in [1.54, 1.807) is 0 Å². The average molecular weight is 397 g/mol. The molecule has 0 aliphatic heterocycles. The van der Waals surface area contributed by atoms with Crippen molar-refractivity contribution < 1.29 is 14.0 Å². The lowest BCUT2D eigenvalue weighted by molar-refractivity contribution is -0.134. The smallest absolute Gasteiger partial charge is 0.255 e. The lowest BCUT2D eigenvalue weighted by Gasteiger charge is -2.32. The Bertz CT molecular complexity index is 859. The van der Waals surface area contributed by atoms with Crippen LogP contribution in [0.3, 0.4) is 0 Å². The first-order valence-corrected chi connectivity index (χ1v) is 9.92. The predicted molar refractivity (Wildman–Crippen MR) is 112 cm³/mol. The van der Waals surface area contributed by atoms with Gasteiger partial charge in [0.05, 0.1) is 0 Å². The average Bonchev–Trinajstić information content (AvgIpc) is 3.54. The monoisotopic (exact) mass is 397 g/mol. The van der Waals surface area contributed by atoms with Gasteiger partial charge in [-0.3, -0.25) is 9.59 Å². The van der Waals surface area contributed by atoms with Crippen molar-refractivity contribution in [3.05, 3.63) is 65.5 Å². The fourth-order valence-electron chi connectivity index (χ4n) is 3.10. The zero-order valence-electron chi connectivity index (χ0n) is 17.0. The minimum absolute atomic E-state index is 0.145. The summed E-state index contributed by atoms with van der Waals surface area (Å²) in [6.07, 6.45) is 1.93. The van der Waals surface area contributed by atoms with Gasteiger partial charge in [-0.25, -0.2) is 4.39 Å². The molecule has 1 aliphatic carbocycles. The molecular weight excluding hydrogens is 369 g/mol. The summed E-state index contributed by atoms with van der Waals surface area (Å²) in [5.74, 6) is -0.333. The Labute approximate surface area is 171 Å². The van der Waals surface area contributed by atoms with Crippen LogP contribution in [-0.2, 0) is 11.3 Å². The summed E-state index contributed by atoms with van der Waals surface area (Å²) in [5, 5.41) is 2.80. The van der Waals surface area contributed by atoms with Crippen LogP contribution < -0.4 is 11.1 Å². The van der Waals surface area contributed by atoms with E-state index in [0.717, 1.165) is 18.4 Å². The van der Waals surface area contributed by atoms with Crippen molar-refractivity contribution in [1.29, 1.82) is 0 Å². The summed E-state index contributed by atoms with van der Waals surface area (Å²) in [5.41, 5.74) is 7.74. The third kappa shape index (κ3) is 5.87. The van der Waals surface area contributed by atoms with Gasteiger partial charge in [-0.2, -0.15) is 0 Å². The van der Waals surface area contributed by atoms with Crippen LogP contribution in [0.15, 0.2) is 48.5 Å². The first kappa shape index (κ1) is 21.0. The molecule has 3 rings (SSSR count). The highest BCUT2D eigenvalue weighted by Crippen LogP contribution is 2.32. The predicted octanol–water partition coefficient (Wildman–Crippen LogP) is 3.80. The van der Waals surface area contributed by atoms with E-state index >= 15 is 0 Å². The molecular formula is C23H28FN3O2. The van der Waals surface area contributed by atoms with Gasteiger partial charge < -0.3 is 16.0 Å². The Hall–Kier alpha value is -2.73. The molecule has 2 aromatic rings. The van der Waals surface area contributed by atoms with Gasteiger partial charge in [-0.05, 0) is 66.8 Å². The van der Waals surface area contributed by atoms with Gasteiger partial charge in [0.15, 0.2) is 0 Å². The normalized spacial score (nSPS) is 13.8. The lowest BCUT2D eigenvalue weighted by atomic mass is 9.92. The Kier molecular flexibility index (Phi) is 6.33. The van der Waals surface area contributed by atoms with Crippen molar-refractivity contribution in [2.75, 3.05) is 18.4 Å². The first-order chi connectivity index (χ1) is 13.8. The summed E-state index contributed by atoms with van der Waals surface area (Å²) < 4.78 is 13.0. The first-order valence-electron chi connectivity index (χ1n) is 9.92. The van der Waals surface area contributed by atoms with Crippen LogP contribution in [0.1, 0.15) is 42.6 Å². The molecule has 1 saturated carbocycles. The van der Waals surface area contributed by atoms with E-state index in [9.17, 15) is 14.0 Å². The van der Waals surface area contributed by atoms with E-state index < -0.39 is 0 Å². The van der Waals surface area contributed by atoms with Crippen LogP contribution >= 0.6 is 0 Å². The van der Waals surface area contributed by atoms with E-state index in [4.69, 9.17) is 5.73 Å².